The quantitative estimate of drug-likeness (QED) is 0.622. The Bertz CT molecular complexity index is 990. The molecule has 2 N–H and O–H groups in total. The maximum atomic E-state index is 11.4. The van der Waals surface area contributed by atoms with Crippen molar-refractivity contribution in [2.75, 3.05) is 12.4 Å². The van der Waals surface area contributed by atoms with Gasteiger partial charge in [-0.05, 0) is 30.7 Å². The number of phenols is 1. The van der Waals surface area contributed by atoms with Crippen molar-refractivity contribution in [3.63, 3.8) is 0 Å². The van der Waals surface area contributed by atoms with Crippen molar-refractivity contribution in [1.82, 2.24) is 4.98 Å². The van der Waals surface area contributed by atoms with Crippen molar-refractivity contribution in [3.8, 4) is 23.1 Å². The lowest BCUT2D eigenvalue weighted by Crippen LogP contribution is -2.04. The van der Waals surface area contributed by atoms with Gasteiger partial charge in [0, 0.05) is 28.6 Å². The maximum Gasteiger partial charge on any atom is 0.305 e. The molecule has 0 saturated heterocycles. The summed E-state index contributed by atoms with van der Waals surface area (Å²) in [6, 6.07) is 14.4. The SMILES string of the molecule is COC(=O)CCc1c(O)cccc1Nc1nc(-c2ccc(C#N)cc2)cs1. The van der Waals surface area contributed by atoms with E-state index >= 15 is 0 Å². The number of aromatic nitrogens is 1. The van der Waals surface area contributed by atoms with Gasteiger partial charge in [-0.1, -0.05) is 18.2 Å². The standard InChI is InChI=1S/C20H17N3O3S/c1-26-19(25)10-9-15-16(3-2-4-18(15)24)22-20-23-17(12-27-20)14-7-5-13(11-21)6-8-14/h2-8,12,24H,9-10H2,1H3,(H,22,23). The number of methoxy groups -OCH3 is 1. The molecule has 136 valence electrons. The first-order valence-corrected chi connectivity index (χ1v) is 9.09. The van der Waals surface area contributed by atoms with Crippen LogP contribution in [0.25, 0.3) is 11.3 Å². The molecular formula is C20H17N3O3S. The number of anilines is 2. The van der Waals surface area contributed by atoms with E-state index in [1.807, 2.05) is 23.6 Å². The Morgan fingerprint density at radius 1 is 1.30 bits per heavy atom. The van der Waals surface area contributed by atoms with Crippen LogP contribution >= 0.6 is 11.3 Å². The first-order chi connectivity index (χ1) is 13.1. The predicted octanol–water partition coefficient (Wildman–Crippen LogP) is 4.24. The predicted molar refractivity (Wildman–Crippen MR) is 104 cm³/mol. The number of esters is 1. The summed E-state index contributed by atoms with van der Waals surface area (Å²) in [7, 11) is 1.34. The molecule has 3 aromatic rings. The van der Waals surface area contributed by atoms with E-state index in [4.69, 9.17) is 5.26 Å². The van der Waals surface area contributed by atoms with Crippen molar-refractivity contribution in [2.24, 2.45) is 0 Å². The van der Waals surface area contributed by atoms with Gasteiger partial charge in [0.1, 0.15) is 5.75 Å². The van der Waals surface area contributed by atoms with Gasteiger partial charge in [-0.15, -0.1) is 11.3 Å². The van der Waals surface area contributed by atoms with Crippen molar-refractivity contribution in [3.05, 3.63) is 59.0 Å². The zero-order chi connectivity index (χ0) is 19.2. The Morgan fingerprint density at radius 2 is 2.07 bits per heavy atom. The fraction of sp³-hybridized carbons (Fsp3) is 0.150. The van der Waals surface area contributed by atoms with Gasteiger partial charge in [0.25, 0.3) is 0 Å². The molecule has 27 heavy (non-hydrogen) atoms. The Labute approximate surface area is 160 Å². The summed E-state index contributed by atoms with van der Waals surface area (Å²) in [5, 5.41) is 24.8. The monoisotopic (exact) mass is 379 g/mol. The van der Waals surface area contributed by atoms with Crippen LogP contribution in [0, 0.1) is 11.3 Å². The Balaban J connectivity index is 1.79. The van der Waals surface area contributed by atoms with Gasteiger partial charge < -0.3 is 15.2 Å². The van der Waals surface area contributed by atoms with Crippen molar-refractivity contribution < 1.29 is 14.6 Å². The molecule has 6 nitrogen and oxygen atoms in total. The molecule has 0 aliphatic carbocycles. The van der Waals surface area contributed by atoms with Crippen LogP contribution in [0.4, 0.5) is 10.8 Å². The molecule has 0 aliphatic rings. The number of nitrogens with one attached hydrogen (secondary N) is 1. The molecule has 0 atom stereocenters. The lowest BCUT2D eigenvalue weighted by Gasteiger charge is -2.11. The topological polar surface area (TPSA) is 95.2 Å². The molecule has 2 aromatic carbocycles. The number of phenolic OH excluding ortho intramolecular Hbond substituents is 1. The number of hydrogen-bond donors (Lipinski definition) is 2. The number of carbonyl (C=O) groups excluding carboxylic acids is 1. The van der Waals surface area contributed by atoms with Crippen LogP contribution in [-0.4, -0.2) is 23.2 Å². The normalized spacial score (nSPS) is 10.2. The highest BCUT2D eigenvalue weighted by atomic mass is 32.1. The molecule has 0 amide bonds. The van der Waals surface area contributed by atoms with Gasteiger partial charge in [0.05, 0.1) is 24.4 Å². The number of benzene rings is 2. The molecular weight excluding hydrogens is 362 g/mol. The van der Waals surface area contributed by atoms with Crippen LogP contribution in [-0.2, 0) is 16.0 Å². The molecule has 0 fully saturated rings. The number of hydrogen-bond acceptors (Lipinski definition) is 7. The van der Waals surface area contributed by atoms with E-state index in [9.17, 15) is 9.90 Å². The van der Waals surface area contributed by atoms with Crippen LogP contribution in [0.5, 0.6) is 5.75 Å². The highest BCUT2D eigenvalue weighted by Crippen LogP contribution is 2.32. The number of nitriles is 1. The summed E-state index contributed by atoms with van der Waals surface area (Å²) in [5.74, 6) is -0.214. The second-order valence-corrected chi connectivity index (χ2v) is 6.59. The van der Waals surface area contributed by atoms with Crippen molar-refractivity contribution >= 4 is 28.1 Å². The molecule has 0 saturated carbocycles. The molecule has 7 heteroatoms. The van der Waals surface area contributed by atoms with E-state index in [0.717, 1.165) is 11.3 Å². The van der Waals surface area contributed by atoms with Crippen LogP contribution in [0.15, 0.2) is 47.8 Å². The van der Waals surface area contributed by atoms with Crippen LogP contribution < -0.4 is 5.32 Å². The number of rotatable bonds is 6. The third-order valence-corrected chi connectivity index (χ3v) is 4.77. The van der Waals surface area contributed by atoms with Crippen molar-refractivity contribution in [2.45, 2.75) is 12.8 Å². The molecule has 0 bridgehead atoms. The Kier molecular flexibility index (Phi) is 5.69. The zero-order valence-corrected chi connectivity index (χ0v) is 15.4. The van der Waals surface area contributed by atoms with E-state index in [1.54, 1.807) is 24.3 Å². The minimum Gasteiger partial charge on any atom is -0.508 e. The fourth-order valence-electron chi connectivity index (χ4n) is 2.58. The van der Waals surface area contributed by atoms with Gasteiger partial charge in [-0.2, -0.15) is 5.26 Å². The Hall–Kier alpha value is -3.37. The number of carbonyl (C=O) groups is 1. The van der Waals surface area contributed by atoms with Gasteiger partial charge in [-0.3, -0.25) is 4.79 Å². The van der Waals surface area contributed by atoms with E-state index < -0.39 is 0 Å². The molecule has 0 spiro atoms. The number of aromatic hydroxyl groups is 1. The van der Waals surface area contributed by atoms with Crippen LogP contribution in [0.2, 0.25) is 0 Å². The molecule has 1 aromatic heterocycles. The van der Waals surface area contributed by atoms with Crippen LogP contribution in [0.3, 0.4) is 0 Å². The van der Waals surface area contributed by atoms with Gasteiger partial charge in [0.2, 0.25) is 0 Å². The first-order valence-electron chi connectivity index (χ1n) is 8.21. The summed E-state index contributed by atoms with van der Waals surface area (Å²) in [6.07, 6.45) is 0.534. The smallest absolute Gasteiger partial charge is 0.305 e. The Morgan fingerprint density at radius 3 is 2.78 bits per heavy atom. The minimum atomic E-state index is -0.332. The van der Waals surface area contributed by atoms with Crippen molar-refractivity contribution in [1.29, 1.82) is 5.26 Å². The summed E-state index contributed by atoms with van der Waals surface area (Å²) in [4.78, 5) is 16.0. The van der Waals surface area contributed by atoms with E-state index in [0.29, 0.717) is 28.4 Å². The minimum absolute atomic E-state index is 0.118. The molecule has 0 unspecified atom stereocenters. The summed E-state index contributed by atoms with van der Waals surface area (Å²) in [6.45, 7) is 0. The highest BCUT2D eigenvalue weighted by molar-refractivity contribution is 7.14. The number of nitrogens with zero attached hydrogens (tertiary/aromatic N) is 2. The molecule has 0 radical (unpaired) electrons. The van der Waals surface area contributed by atoms with Crippen LogP contribution in [0.1, 0.15) is 17.5 Å². The lowest BCUT2D eigenvalue weighted by atomic mass is 10.1. The van der Waals surface area contributed by atoms with E-state index in [2.05, 4.69) is 21.1 Å². The fourth-order valence-corrected chi connectivity index (χ4v) is 3.31. The van der Waals surface area contributed by atoms with E-state index in [1.165, 1.54) is 18.4 Å². The third-order valence-electron chi connectivity index (χ3n) is 4.01. The lowest BCUT2D eigenvalue weighted by molar-refractivity contribution is -0.140. The average molecular weight is 379 g/mol. The second-order valence-electron chi connectivity index (χ2n) is 5.73. The van der Waals surface area contributed by atoms with E-state index in [-0.39, 0.29) is 18.1 Å². The second kappa shape index (κ2) is 8.34. The first kappa shape index (κ1) is 18.4. The highest BCUT2D eigenvalue weighted by Gasteiger charge is 2.12. The van der Waals surface area contributed by atoms with Gasteiger partial charge in [0.15, 0.2) is 5.13 Å². The molecule has 0 aliphatic heterocycles. The number of thiazole rings is 1. The maximum absolute atomic E-state index is 11.4. The van der Waals surface area contributed by atoms with Gasteiger partial charge in [-0.25, -0.2) is 4.98 Å². The summed E-state index contributed by atoms with van der Waals surface area (Å²) >= 11 is 1.43. The summed E-state index contributed by atoms with van der Waals surface area (Å²) in [5.41, 5.74) is 3.64. The molecule has 3 rings (SSSR count). The third kappa shape index (κ3) is 4.43. The summed E-state index contributed by atoms with van der Waals surface area (Å²) < 4.78 is 4.67. The zero-order valence-electron chi connectivity index (χ0n) is 14.6. The van der Waals surface area contributed by atoms with Gasteiger partial charge >= 0.3 is 5.97 Å². The number of ether oxygens (including phenoxy) is 1. The average Bonchev–Trinajstić information content (AvgIpc) is 3.16. The molecule has 1 heterocycles. The largest absolute Gasteiger partial charge is 0.508 e.